The molecule has 2 aromatic rings. The average Bonchev–Trinajstić information content (AvgIpc) is 2.70. The first-order valence-corrected chi connectivity index (χ1v) is 10.4. The van der Waals surface area contributed by atoms with Crippen LogP contribution in [0.1, 0.15) is 21.5 Å². The molecule has 0 aromatic heterocycles. The highest BCUT2D eigenvalue weighted by Gasteiger charge is 2.16. The van der Waals surface area contributed by atoms with Crippen molar-refractivity contribution in [1.29, 1.82) is 0 Å². The van der Waals surface area contributed by atoms with Gasteiger partial charge in [0.15, 0.2) is 6.61 Å². The van der Waals surface area contributed by atoms with E-state index in [9.17, 15) is 18.0 Å². The van der Waals surface area contributed by atoms with Crippen LogP contribution in [0.3, 0.4) is 0 Å². The Morgan fingerprint density at radius 1 is 1.07 bits per heavy atom. The molecule has 0 radical (unpaired) electrons. The van der Waals surface area contributed by atoms with Gasteiger partial charge in [-0.1, -0.05) is 23.8 Å². The molecule has 0 heterocycles. The van der Waals surface area contributed by atoms with E-state index < -0.39 is 28.5 Å². The van der Waals surface area contributed by atoms with E-state index in [4.69, 9.17) is 9.47 Å². The van der Waals surface area contributed by atoms with Crippen molar-refractivity contribution in [2.45, 2.75) is 18.7 Å². The van der Waals surface area contributed by atoms with Gasteiger partial charge in [-0.3, -0.25) is 4.79 Å². The van der Waals surface area contributed by atoms with E-state index in [0.29, 0.717) is 0 Å². The summed E-state index contributed by atoms with van der Waals surface area (Å²) in [5.41, 5.74) is 2.18. The molecule has 9 heteroatoms. The fourth-order valence-electron chi connectivity index (χ4n) is 2.49. The predicted octanol–water partition coefficient (Wildman–Crippen LogP) is 1.56. The third-order valence-electron chi connectivity index (χ3n) is 4.00. The standard InChI is InChI=1S/C20H24N2O6S/c1-14-7-8-18(15(2)11-14)27-10-9-22-19(23)13-28-20(24)16-5-4-6-17(12-16)29(25,26)21-3/h4-8,11-12,21H,9-10,13H2,1-3H3,(H,22,23). The lowest BCUT2D eigenvalue weighted by Crippen LogP contribution is -2.32. The molecule has 0 saturated heterocycles. The summed E-state index contributed by atoms with van der Waals surface area (Å²) < 4.78 is 36.3. The molecule has 1 amide bonds. The number of sulfonamides is 1. The summed E-state index contributed by atoms with van der Waals surface area (Å²) in [6.45, 7) is 3.98. The number of hydrogen-bond acceptors (Lipinski definition) is 6. The van der Waals surface area contributed by atoms with Crippen LogP contribution in [0, 0.1) is 13.8 Å². The van der Waals surface area contributed by atoms with Crippen molar-refractivity contribution in [1.82, 2.24) is 10.0 Å². The Morgan fingerprint density at radius 2 is 1.83 bits per heavy atom. The van der Waals surface area contributed by atoms with E-state index in [-0.39, 0.29) is 23.6 Å². The Labute approximate surface area is 170 Å². The number of carbonyl (C=O) groups is 2. The Bertz CT molecular complexity index is 988. The zero-order valence-corrected chi connectivity index (χ0v) is 17.3. The van der Waals surface area contributed by atoms with Gasteiger partial charge in [0, 0.05) is 0 Å². The average molecular weight is 420 g/mol. The van der Waals surface area contributed by atoms with Crippen molar-refractivity contribution in [3.63, 3.8) is 0 Å². The van der Waals surface area contributed by atoms with Crippen LogP contribution in [-0.2, 0) is 19.6 Å². The van der Waals surface area contributed by atoms with Crippen LogP contribution in [-0.4, -0.2) is 47.1 Å². The lowest BCUT2D eigenvalue weighted by Gasteiger charge is -2.11. The van der Waals surface area contributed by atoms with Gasteiger partial charge in [0.05, 0.1) is 17.0 Å². The number of amides is 1. The lowest BCUT2D eigenvalue weighted by molar-refractivity contribution is -0.124. The van der Waals surface area contributed by atoms with Gasteiger partial charge < -0.3 is 14.8 Å². The maximum atomic E-state index is 12.1. The molecule has 0 atom stereocenters. The Morgan fingerprint density at radius 3 is 2.52 bits per heavy atom. The number of benzene rings is 2. The minimum atomic E-state index is -3.68. The zero-order chi connectivity index (χ0) is 21.4. The van der Waals surface area contributed by atoms with Gasteiger partial charge in [0.2, 0.25) is 10.0 Å². The summed E-state index contributed by atoms with van der Waals surface area (Å²) in [6, 6.07) is 11.2. The quantitative estimate of drug-likeness (QED) is 0.471. The minimum absolute atomic E-state index is 0.0345. The minimum Gasteiger partial charge on any atom is -0.491 e. The molecule has 8 nitrogen and oxygen atoms in total. The van der Waals surface area contributed by atoms with E-state index in [2.05, 4.69) is 10.0 Å². The summed E-state index contributed by atoms with van der Waals surface area (Å²) >= 11 is 0. The molecule has 0 saturated carbocycles. The SMILES string of the molecule is CNS(=O)(=O)c1cccc(C(=O)OCC(=O)NCCOc2ccc(C)cc2C)c1. The molecule has 156 valence electrons. The maximum absolute atomic E-state index is 12.1. The van der Waals surface area contributed by atoms with Crippen LogP contribution in [0.25, 0.3) is 0 Å². The number of esters is 1. The first kappa shape index (κ1) is 22.4. The fourth-order valence-corrected chi connectivity index (χ4v) is 3.26. The van der Waals surface area contributed by atoms with Crippen molar-refractivity contribution in [3.05, 3.63) is 59.2 Å². The van der Waals surface area contributed by atoms with Crippen molar-refractivity contribution >= 4 is 21.9 Å². The molecule has 0 unspecified atom stereocenters. The van der Waals surface area contributed by atoms with Crippen LogP contribution >= 0.6 is 0 Å². The Kier molecular flexibility index (Phi) is 7.74. The van der Waals surface area contributed by atoms with Gasteiger partial charge in [-0.2, -0.15) is 0 Å². The van der Waals surface area contributed by atoms with Crippen molar-refractivity contribution in [2.24, 2.45) is 0 Å². The molecule has 2 aromatic carbocycles. The highest BCUT2D eigenvalue weighted by atomic mass is 32.2. The van der Waals surface area contributed by atoms with Crippen LogP contribution in [0.15, 0.2) is 47.4 Å². The smallest absolute Gasteiger partial charge is 0.338 e. The largest absolute Gasteiger partial charge is 0.491 e. The second kappa shape index (κ2) is 10.0. The summed E-state index contributed by atoms with van der Waals surface area (Å²) in [5.74, 6) is -0.533. The molecule has 0 bridgehead atoms. The first-order chi connectivity index (χ1) is 13.7. The number of ether oxygens (including phenoxy) is 2. The van der Waals surface area contributed by atoms with E-state index in [1.165, 1.54) is 31.3 Å². The Balaban J connectivity index is 1.77. The van der Waals surface area contributed by atoms with Gasteiger partial charge in [-0.05, 0) is 50.7 Å². The van der Waals surface area contributed by atoms with Crippen LogP contribution in [0.4, 0.5) is 0 Å². The van der Waals surface area contributed by atoms with E-state index >= 15 is 0 Å². The molecule has 0 aliphatic heterocycles. The van der Waals surface area contributed by atoms with Crippen molar-refractivity contribution in [2.75, 3.05) is 26.8 Å². The number of carbonyl (C=O) groups excluding carboxylic acids is 2. The lowest BCUT2D eigenvalue weighted by atomic mass is 10.1. The molecule has 29 heavy (non-hydrogen) atoms. The third-order valence-corrected chi connectivity index (χ3v) is 5.41. The number of rotatable bonds is 9. The van der Waals surface area contributed by atoms with Gasteiger partial charge in [-0.25, -0.2) is 17.9 Å². The highest BCUT2D eigenvalue weighted by molar-refractivity contribution is 7.89. The zero-order valence-electron chi connectivity index (χ0n) is 16.5. The topological polar surface area (TPSA) is 111 Å². The van der Waals surface area contributed by atoms with Crippen LogP contribution in [0.5, 0.6) is 5.75 Å². The van der Waals surface area contributed by atoms with Gasteiger partial charge in [0.1, 0.15) is 12.4 Å². The molecule has 2 N–H and O–H groups in total. The second-order valence-electron chi connectivity index (χ2n) is 6.28. The predicted molar refractivity (Wildman–Crippen MR) is 107 cm³/mol. The molecular weight excluding hydrogens is 396 g/mol. The first-order valence-electron chi connectivity index (χ1n) is 8.90. The van der Waals surface area contributed by atoms with Crippen LogP contribution in [0.2, 0.25) is 0 Å². The van der Waals surface area contributed by atoms with Gasteiger partial charge in [0.25, 0.3) is 5.91 Å². The molecule has 0 spiro atoms. The van der Waals surface area contributed by atoms with Gasteiger partial charge >= 0.3 is 5.97 Å². The summed E-state index contributed by atoms with van der Waals surface area (Å²) in [5, 5.41) is 2.59. The Hall–Kier alpha value is -2.91. The fraction of sp³-hybridized carbons (Fsp3) is 0.300. The summed E-state index contributed by atoms with van der Waals surface area (Å²) in [4.78, 5) is 23.8. The second-order valence-corrected chi connectivity index (χ2v) is 8.17. The monoisotopic (exact) mass is 420 g/mol. The van der Waals surface area contributed by atoms with Crippen LogP contribution < -0.4 is 14.8 Å². The molecule has 0 aliphatic carbocycles. The molecule has 2 rings (SSSR count). The summed E-state index contributed by atoms with van der Waals surface area (Å²) in [6.07, 6.45) is 0. The summed E-state index contributed by atoms with van der Waals surface area (Å²) in [7, 11) is -2.41. The van der Waals surface area contributed by atoms with Crippen molar-refractivity contribution in [3.8, 4) is 5.75 Å². The number of aryl methyl sites for hydroxylation is 2. The van der Waals surface area contributed by atoms with Gasteiger partial charge in [-0.15, -0.1) is 0 Å². The van der Waals surface area contributed by atoms with E-state index in [0.717, 1.165) is 16.9 Å². The maximum Gasteiger partial charge on any atom is 0.338 e. The van der Waals surface area contributed by atoms with E-state index in [1.54, 1.807) is 0 Å². The van der Waals surface area contributed by atoms with Crippen molar-refractivity contribution < 1.29 is 27.5 Å². The normalized spacial score (nSPS) is 11.0. The molecular formula is C20H24N2O6S. The van der Waals surface area contributed by atoms with E-state index in [1.807, 2.05) is 32.0 Å². The number of hydrogen-bond donors (Lipinski definition) is 2. The molecule has 0 fully saturated rings. The third kappa shape index (κ3) is 6.58. The highest BCUT2D eigenvalue weighted by Crippen LogP contribution is 2.18. The number of nitrogens with one attached hydrogen (secondary N) is 2. The molecule has 0 aliphatic rings.